The Kier molecular flexibility index (Phi) is 3.82. The summed E-state index contributed by atoms with van der Waals surface area (Å²) < 4.78 is 5.31. The molecule has 112 valence electrons. The second-order valence-electron chi connectivity index (χ2n) is 5.79. The van der Waals surface area contributed by atoms with Crippen LogP contribution >= 0.6 is 0 Å². The Balaban J connectivity index is 1.56. The maximum atomic E-state index is 12.2. The summed E-state index contributed by atoms with van der Waals surface area (Å²) in [6.07, 6.45) is 1.78. The van der Waals surface area contributed by atoms with Gasteiger partial charge in [0.1, 0.15) is 13.2 Å². The standard InChI is InChI=1S/C16H20N2O3/c1-12-9-18(14-7-8-14)15(19)10-17(12)16(20)21-11-13-5-3-2-4-6-13/h2-6,12,14H,7-11H2,1H3/t12-/m0/s1. The van der Waals surface area contributed by atoms with Crippen LogP contribution in [-0.4, -0.2) is 47.0 Å². The average Bonchev–Trinajstić information content (AvgIpc) is 3.32. The van der Waals surface area contributed by atoms with Crippen molar-refractivity contribution in [2.24, 2.45) is 0 Å². The van der Waals surface area contributed by atoms with E-state index in [-0.39, 0.29) is 25.1 Å². The fourth-order valence-electron chi connectivity index (χ4n) is 2.66. The van der Waals surface area contributed by atoms with Crippen molar-refractivity contribution in [3.63, 3.8) is 0 Å². The number of benzene rings is 1. The van der Waals surface area contributed by atoms with E-state index in [4.69, 9.17) is 4.74 Å². The van der Waals surface area contributed by atoms with Crippen LogP contribution in [0.25, 0.3) is 0 Å². The summed E-state index contributed by atoms with van der Waals surface area (Å²) >= 11 is 0. The fraction of sp³-hybridized carbons (Fsp3) is 0.500. The van der Waals surface area contributed by atoms with Crippen molar-refractivity contribution in [3.8, 4) is 0 Å². The van der Waals surface area contributed by atoms with Crippen LogP contribution in [0.15, 0.2) is 30.3 Å². The van der Waals surface area contributed by atoms with E-state index in [0.717, 1.165) is 18.4 Å². The van der Waals surface area contributed by atoms with Crippen LogP contribution in [0.3, 0.4) is 0 Å². The van der Waals surface area contributed by atoms with E-state index < -0.39 is 6.09 Å². The molecule has 1 saturated heterocycles. The van der Waals surface area contributed by atoms with Crippen LogP contribution in [0, 0.1) is 0 Å². The molecule has 0 unspecified atom stereocenters. The Morgan fingerprint density at radius 3 is 2.67 bits per heavy atom. The van der Waals surface area contributed by atoms with Crippen molar-refractivity contribution in [2.45, 2.75) is 38.5 Å². The smallest absolute Gasteiger partial charge is 0.410 e. The van der Waals surface area contributed by atoms with Crippen molar-refractivity contribution < 1.29 is 14.3 Å². The first kappa shape index (κ1) is 13.9. The number of amides is 2. The molecular weight excluding hydrogens is 268 g/mol. The van der Waals surface area contributed by atoms with E-state index in [1.165, 1.54) is 4.90 Å². The largest absolute Gasteiger partial charge is 0.445 e. The molecule has 2 aliphatic rings. The van der Waals surface area contributed by atoms with Gasteiger partial charge in [0.2, 0.25) is 5.91 Å². The highest BCUT2D eigenvalue weighted by Crippen LogP contribution is 2.29. The fourth-order valence-corrected chi connectivity index (χ4v) is 2.66. The van der Waals surface area contributed by atoms with E-state index in [2.05, 4.69) is 0 Å². The van der Waals surface area contributed by atoms with Gasteiger partial charge in [-0.2, -0.15) is 0 Å². The molecule has 1 aliphatic heterocycles. The van der Waals surface area contributed by atoms with Gasteiger partial charge in [0.25, 0.3) is 0 Å². The summed E-state index contributed by atoms with van der Waals surface area (Å²) in [6.45, 7) is 2.95. The van der Waals surface area contributed by atoms with Gasteiger partial charge in [0.15, 0.2) is 0 Å². The minimum absolute atomic E-state index is 0.00609. The number of rotatable bonds is 3. The third-order valence-corrected chi connectivity index (χ3v) is 4.05. The molecule has 2 fully saturated rings. The molecule has 0 N–H and O–H groups in total. The van der Waals surface area contributed by atoms with Gasteiger partial charge in [-0.05, 0) is 25.3 Å². The topological polar surface area (TPSA) is 49.9 Å². The Hall–Kier alpha value is -2.04. The van der Waals surface area contributed by atoms with Crippen molar-refractivity contribution in [3.05, 3.63) is 35.9 Å². The molecule has 5 heteroatoms. The lowest BCUT2D eigenvalue weighted by Gasteiger charge is -2.38. The minimum atomic E-state index is -0.407. The molecule has 3 rings (SSSR count). The van der Waals surface area contributed by atoms with Crippen LogP contribution in [-0.2, 0) is 16.1 Å². The number of hydrogen-bond donors (Lipinski definition) is 0. The van der Waals surface area contributed by atoms with Crippen molar-refractivity contribution >= 4 is 12.0 Å². The molecule has 1 aromatic carbocycles. The zero-order valence-electron chi connectivity index (χ0n) is 12.2. The van der Waals surface area contributed by atoms with Crippen molar-refractivity contribution in [2.75, 3.05) is 13.1 Å². The highest BCUT2D eigenvalue weighted by Gasteiger charge is 2.40. The van der Waals surface area contributed by atoms with Gasteiger partial charge >= 0.3 is 6.09 Å². The van der Waals surface area contributed by atoms with Crippen LogP contribution in [0.2, 0.25) is 0 Å². The summed E-state index contributed by atoms with van der Waals surface area (Å²) in [5, 5.41) is 0. The normalized spacial score (nSPS) is 22.3. The molecule has 1 saturated carbocycles. The number of ether oxygens (including phenoxy) is 1. The third-order valence-electron chi connectivity index (χ3n) is 4.05. The van der Waals surface area contributed by atoms with E-state index in [1.54, 1.807) is 0 Å². The van der Waals surface area contributed by atoms with Gasteiger partial charge in [-0.15, -0.1) is 0 Å². The molecule has 21 heavy (non-hydrogen) atoms. The first-order valence-electron chi connectivity index (χ1n) is 7.42. The number of nitrogens with zero attached hydrogens (tertiary/aromatic N) is 2. The third kappa shape index (κ3) is 3.17. The highest BCUT2D eigenvalue weighted by molar-refractivity contribution is 5.84. The van der Waals surface area contributed by atoms with Gasteiger partial charge in [0.05, 0.1) is 6.04 Å². The first-order valence-corrected chi connectivity index (χ1v) is 7.42. The minimum Gasteiger partial charge on any atom is -0.445 e. The molecule has 5 nitrogen and oxygen atoms in total. The van der Waals surface area contributed by atoms with Gasteiger partial charge in [-0.1, -0.05) is 30.3 Å². The van der Waals surface area contributed by atoms with E-state index >= 15 is 0 Å². The van der Waals surface area contributed by atoms with E-state index in [0.29, 0.717) is 12.6 Å². The maximum absolute atomic E-state index is 12.2. The molecular formula is C16H20N2O3. The lowest BCUT2D eigenvalue weighted by atomic mass is 10.2. The SMILES string of the molecule is C[C@H]1CN(C2CC2)C(=O)CN1C(=O)OCc1ccccc1. The summed E-state index contributed by atoms with van der Waals surface area (Å²) in [5.74, 6) is 0.0345. The predicted molar refractivity (Wildman–Crippen MR) is 77.5 cm³/mol. The quantitative estimate of drug-likeness (QED) is 0.855. The number of piperazine rings is 1. The number of carbonyl (C=O) groups excluding carboxylic acids is 2. The molecule has 2 amide bonds. The zero-order valence-corrected chi connectivity index (χ0v) is 12.2. The van der Waals surface area contributed by atoms with Gasteiger partial charge < -0.3 is 9.64 Å². The number of hydrogen-bond acceptors (Lipinski definition) is 3. The molecule has 1 heterocycles. The van der Waals surface area contributed by atoms with E-state index in [9.17, 15) is 9.59 Å². The van der Waals surface area contributed by atoms with E-state index in [1.807, 2.05) is 42.2 Å². The Bertz CT molecular complexity index is 528. The molecule has 0 aromatic heterocycles. The average molecular weight is 288 g/mol. The monoisotopic (exact) mass is 288 g/mol. The molecule has 0 radical (unpaired) electrons. The molecule has 0 spiro atoms. The summed E-state index contributed by atoms with van der Waals surface area (Å²) in [4.78, 5) is 27.7. The lowest BCUT2D eigenvalue weighted by molar-refractivity contribution is -0.138. The van der Waals surface area contributed by atoms with Crippen LogP contribution < -0.4 is 0 Å². The van der Waals surface area contributed by atoms with Crippen LogP contribution in [0.1, 0.15) is 25.3 Å². The second-order valence-corrected chi connectivity index (χ2v) is 5.79. The number of carbonyl (C=O) groups is 2. The molecule has 1 aromatic rings. The van der Waals surface area contributed by atoms with Gasteiger partial charge in [-0.25, -0.2) is 4.79 Å². The highest BCUT2D eigenvalue weighted by atomic mass is 16.6. The molecule has 0 bridgehead atoms. The zero-order chi connectivity index (χ0) is 14.8. The van der Waals surface area contributed by atoms with Crippen LogP contribution in [0.5, 0.6) is 0 Å². The van der Waals surface area contributed by atoms with Gasteiger partial charge in [0, 0.05) is 12.6 Å². The summed E-state index contributed by atoms with van der Waals surface area (Å²) in [6, 6.07) is 9.96. The second kappa shape index (κ2) is 5.76. The van der Waals surface area contributed by atoms with Crippen molar-refractivity contribution in [1.29, 1.82) is 0 Å². The molecule has 1 atom stereocenters. The first-order chi connectivity index (χ1) is 10.1. The van der Waals surface area contributed by atoms with Crippen molar-refractivity contribution in [1.82, 2.24) is 9.80 Å². The lowest BCUT2D eigenvalue weighted by Crippen LogP contribution is -2.57. The Labute approximate surface area is 124 Å². The Morgan fingerprint density at radius 1 is 1.29 bits per heavy atom. The Morgan fingerprint density at radius 2 is 2.00 bits per heavy atom. The molecule has 1 aliphatic carbocycles. The summed E-state index contributed by atoms with van der Waals surface area (Å²) in [5.41, 5.74) is 0.946. The van der Waals surface area contributed by atoms with Crippen LogP contribution in [0.4, 0.5) is 4.79 Å². The predicted octanol–water partition coefficient (Wildman–Crippen LogP) is 2.02. The van der Waals surface area contributed by atoms with Gasteiger partial charge in [-0.3, -0.25) is 9.69 Å². The maximum Gasteiger partial charge on any atom is 0.410 e. The summed E-state index contributed by atoms with van der Waals surface area (Å²) in [7, 11) is 0.